The smallest absolute Gasteiger partial charge is 0.254 e. The van der Waals surface area contributed by atoms with Gasteiger partial charge in [-0.1, -0.05) is 23.7 Å². The first-order valence-corrected chi connectivity index (χ1v) is 13.4. The maximum Gasteiger partial charge on any atom is 0.254 e. The zero-order chi connectivity index (χ0) is 26.9. The van der Waals surface area contributed by atoms with Crippen molar-refractivity contribution in [2.75, 3.05) is 26.2 Å². The molecule has 2 fully saturated rings. The number of aliphatic imine (C=N–C) groups is 1. The quantitative estimate of drug-likeness (QED) is 0.391. The number of nitrogens with zero attached hydrogens (tertiary/aromatic N) is 3. The zero-order valence-corrected chi connectivity index (χ0v) is 22.1. The molecular weight excluding hydrogens is 512 g/mol. The summed E-state index contributed by atoms with van der Waals surface area (Å²) in [5, 5.41) is 2.71. The topological polar surface area (TPSA) is 83.2 Å². The summed E-state index contributed by atoms with van der Waals surface area (Å²) < 4.78 is 34.2. The third kappa shape index (κ3) is 5.61. The monoisotopic (exact) mass is 543 g/mol. The Morgan fingerprint density at radius 3 is 2.76 bits per heavy atom. The summed E-state index contributed by atoms with van der Waals surface area (Å²) in [6.45, 7) is 5.42. The Bertz CT molecular complexity index is 1270. The second-order valence-electron chi connectivity index (χ2n) is 10.1. The molecule has 3 heterocycles. The maximum absolute atomic E-state index is 14.4. The number of ether oxygens (including phenoxy) is 1. The normalized spacial score (nSPS) is 24.4. The summed E-state index contributed by atoms with van der Waals surface area (Å²) in [5.74, 6) is -3.07. The Kier molecular flexibility index (Phi) is 7.81. The average molecular weight is 544 g/mol. The van der Waals surface area contributed by atoms with Gasteiger partial charge in [-0.25, -0.2) is 8.78 Å². The molecule has 0 aromatic heterocycles. The van der Waals surface area contributed by atoms with E-state index in [9.17, 15) is 13.6 Å². The van der Waals surface area contributed by atoms with Crippen molar-refractivity contribution in [1.29, 1.82) is 0 Å². The van der Waals surface area contributed by atoms with Crippen LogP contribution in [0.1, 0.15) is 60.2 Å². The average Bonchev–Trinajstić information content (AvgIpc) is 3.58. The Morgan fingerprint density at radius 2 is 1.97 bits per heavy atom. The van der Waals surface area contributed by atoms with Gasteiger partial charge in [-0.15, -0.1) is 0 Å². The van der Waals surface area contributed by atoms with E-state index in [4.69, 9.17) is 22.1 Å². The van der Waals surface area contributed by atoms with Gasteiger partial charge in [-0.2, -0.15) is 0 Å². The van der Waals surface area contributed by atoms with Crippen LogP contribution in [-0.4, -0.2) is 60.0 Å². The van der Waals surface area contributed by atoms with E-state index in [1.807, 2.05) is 23.1 Å². The van der Waals surface area contributed by atoms with Gasteiger partial charge in [0.05, 0.1) is 29.2 Å². The van der Waals surface area contributed by atoms with Crippen LogP contribution in [-0.2, 0) is 4.74 Å². The third-order valence-electron chi connectivity index (χ3n) is 7.38. The minimum absolute atomic E-state index is 0.00793. The van der Waals surface area contributed by atoms with Crippen LogP contribution < -0.4 is 11.1 Å². The Morgan fingerprint density at radius 1 is 1.21 bits per heavy atom. The number of nitrogens with two attached hydrogens (primary N) is 1. The molecule has 1 amide bonds. The number of benzene rings is 2. The number of amides is 1. The molecule has 2 aromatic carbocycles. The van der Waals surface area contributed by atoms with Gasteiger partial charge >= 0.3 is 0 Å². The Hall–Kier alpha value is -2.85. The van der Waals surface area contributed by atoms with Crippen molar-refractivity contribution >= 4 is 29.4 Å². The van der Waals surface area contributed by atoms with Gasteiger partial charge in [0.15, 0.2) is 0 Å². The van der Waals surface area contributed by atoms with Crippen LogP contribution in [0, 0.1) is 11.6 Å². The number of rotatable bonds is 7. The molecule has 0 bridgehead atoms. The van der Waals surface area contributed by atoms with Crippen molar-refractivity contribution in [1.82, 2.24) is 15.1 Å². The van der Waals surface area contributed by atoms with Crippen LogP contribution in [0.2, 0.25) is 5.02 Å². The first-order valence-electron chi connectivity index (χ1n) is 13.0. The fourth-order valence-corrected chi connectivity index (χ4v) is 5.82. The highest BCUT2D eigenvalue weighted by Crippen LogP contribution is 2.33. The molecule has 7 nitrogen and oxygen atoms in total. The van der Waals surface area contributed by atoms with Crippen molar-refractivity contribution in [3.8, 4) is 0 Å². The van der Waals surface area contributed by atoms with Crippen LogP contribution in [0.3, 0.4) is 0 Å². The zero-order valence-electron chi connectivity index (χ0n) is 21.3. The van der Waals surface area contributed by atoms with Gasteiger partial charge in [0.1, 0.15) is 11.6 Å². The Balaban J connectivity index is 1.30. The van der Waals surface area contributed by atoms with E-state index in [0.717, 1.165) is 51.2 Å². The predicted molar refractivity (Wildman–Crippen MR) is 144 cm³/mol. The molecule has 202 valence electrons. The fourth-order valence-electron chi connectivity index (χ4n) is 5.51. The number of hydrogen-bond acceptors (Lipinski definition) is 6. The molecule has 5 rings (SSSR count). The van der Waals surface area contributed by atoms with Crippen molar-refractivity contribution in [3.05, 3.63) is 75.9 Å². The van der Waals surface area contributed by atoms with Gasteiger partial charge < -0.3 is 19.9 Å². The second-order valence-corrected chi connectivity index (χ2v) is 10.5. The second kappa shape index (κ2) is 11.1. The maximum atomic E-state index is 14.4. The minimum Gasteiger partial charge on any atom is -0.339 e. The lowest BCUT2D eigenvalue weighted by Crippen LogP contribution is -2.57. The van der Waals surface area contributed by atoms with Crippen LogP contribution in [0.25, 0.3) is 5.70 Å². The summed E-state index contributed by atoms with van der Waals surface area (Å²) in [5.41, 5.74) is 8.07. The summed E-state index contributed by atoms with van der Waals surface area (Å²) in [4.78, 5) is 22.2. The van der Waals surface area contributed by atoms with E-state index in [1.54, 1.807) is 12.3 Å². The largest absolute Gasteiger partial charge is 0.339 e. The predicted octanol–water partition coefficient (Wildman–Crippen LogP) is 4.68. The highest BCUT2D eigenvalue weighted by molar-refractivity contribution is 6.31. The molecule has 0 aliphatic carbocycles. The molecule has 3 aliphatic rings. The van der Waals surface area contributed by atoms with E-state index < -0.39 is 23.6 Å². The number of likely N-dealkylation sites (tertiary alicyclic amines) is 2. The van der Waals surface area contributed by atoms with E-state index in [-0.39, 0.29) is 22.5 Å². The number of hydrogen-bond donors (Lipinski definition) is 2. The number of carbonyl (C=O) groups is 1. The lowest BCUT2D eigenvalue weighted by atomic mass is 10.1. The molecule has 0 radical (unpaired) electrons. The van der Waals surface area contributed by atoms with Crippen molar-refractivity contribution < 1.29 is 18.3 Å². The molecule has 0 saturated carbocycles. The van der Waals surface area contributed by atoms with Crippen LogP contribution >= 0.6 is 11.6 Å². The molecule has 3 aliphatic heterocycles. The molecule has 38 heavy (non-hydrogen) atoms. The van der Waals surface area contributed by atoms with Gasteiger partial charge in [0, 0.05) is 35.8 Å². The van der Waals surface area contributed by atoms with Crippen LogP contribution in [0.15, 0.2) is 47.6 Å². The van der Waals surface area contributed by atoms with Crippen molar-refractivity contribution in [3.63, 3.8) is 0 Å². The SMILES string of the molecule is CC(OC1(N)C=NC=C(c2cccc(C(=O)N3CCC[C@H]3CN3CCCC3)c2)N1)c1c(F)ccc(F)c1Cl. The third-order valence-corrected chi connectivity index (χ3v) is 7.77. The van der Waals surface area contributed by atoms with Crippen molar-refractivity contribution in [2.24, 2.45) is 10.7 Å². The van der Waals surface area contributed by atoms with Crippen molar-refractivity contribution in [2.45, 2.75) is 50.6 Å². The van der Waals surface area contributed by atoms with Gasteiger partial charge in [-0.05, 0) is 70.0 Å². The number of nitrogens with one attached hydrogen (secondary N) is 1. The molecule has 2 aromatic rings. The van der Waals surface area contributed by atoms with E-state index in [0.29, 0.717) is 16.8 Å². The lowest BCUT2D eigenvalue weighted by Gasteiger charge is -2.34. The first kappa shape index (κ1) is 26.7. The molecule has 2 saturated heterocycles. The molecule has 3 atom stereocenters. The summed E-state index contributed by atoms with van der Waals surface area (Å²) in [6.07, 6.45) is 6.39. The highest BCUT2D eigenvalue weighted by Gasteiger charge is 2.34. The van der Waals surface area contributed by atoms with Gasteiger partial charge in [0.25, 0.3) is 5.91 Å². The van der Waals surface area contributed by atoms with Crippen LogP contribution in [0.4, 0.5) is 8.78 Å². The highest BCUT2D eigenvalue weighted by atomic mass is 35.5. The molecule has 0 spiro atoms. The molecule has 2 unspecified atom stereocenters. The van der Waals surface area contributed by atoms with Gasteiger partial charge in [0.2, 0.25) is 5.85 Å². The van der Waals surface area contributed by atoms with E-state index >= 15 is 0 Å². The van der Waals surface area contributed by atoms with E-state index in [1.165, 1.54) is 26.0 Å². The minimum atomic E-state index is -1.62. The number of carbonyl (C=O) groups excluding carboxylic acids is 1. The van der Waals surface area contributed by atoms with Gasteiger partial charge in [-0.3, -0.25) is 15.5 Å². The molecule has 10 heteroatoms. The fraction of sp³-hybridized carbons (Fsp3) is 0.429. The molecule has 3 N–H and O–H groups in total. The lowest BCUT2D eigenvalue weighted by molar-refractivity contribution is -0.0497. The molecular formula is C28H32ClF2N5O2. The first-order chi connectivity index (χ1) is 18.2. The van der Waals surface area contributed by atoms with E-state index in [2.05, 4.69) is 15.2 Å². The number of halogens is 3. The summed E-state index contributed by atoms with van der Waals surface area (Å²) >= 11 is 6.00. The summed E-state index contributed by atoms with van der Waals surface area (Å²) in [6, 6.07) is 9.45. The summed E-state index contributed by atoms with van der Waals surface area (Å²) in [7, 11) is 0. The van der Waals surface area contributed by atoms with Crippen LogP contribution in [0.5, 0.6) is 0 Å². The Labute approximate surface area is 226 Å². The standard InChI is InChI=1S/C28H32ClF2N5O2/c1-18(25-22(30)9-10-23(31)26(25)29)38-28(32)17-33-15-24(34-28)19-6-4-7-20(14-19)27(37)36-13-5-8-21(36)16-35-11-2-3-12-35/h4,6-7,9-10,14-15,17-18,21,34H,2-3,5,8,11-13,16,32H2,1H3/t18?,21-,28?/m0/s1.